The second kappa shape index (κ2) is 6.72. The topological polar surface area (TPSA) is 46.5 Å². The molecule has 0 unspecified atom stereocenters. The van der Waals surface area contributed by atoms with Crippen molar-refractivity contribution in [2.45, 2.75) is 12.8 Å². The zero-order valence-corrected chi connectivity index (χ0v) is 14.6. The highest BCUT2D eigenvalue weighted by atomic mass is 19.1. The number of carbonyl (C=O) groups excluding carboxylic acids is 1. The minimum absolute atomic E-state index is 0.111. The molecule has 0 radical (unpaired) electrons. The van der Waals surface area contributed by atoms with Crippen molar-refractivity contribution < 1.29 is 19.0 Å². The predicted octanol–water partition coefficient (Wildman–Crippen LogP) is 5.62. The molecule has 1 N–H and O–H groups in total. The number of hydrogen-bond donors (Lipinski definition) is 1. The normalized spacial score (nSPS) is 15.9. The van der Waals surface area contributed by atoms with Crippen LogP contribution in [0.2, 0.25) is 0 Å². The molecule has 3 nitrogen and oxygen atoms in total. The van der Waals surface area contributed by atoms with Crippen LogP contribution in [0, 0.1) is 5.82 Å². The summed E-state index contributed by atoms with van der Waals surface area (Å²) in [5.41, 5.74) is 1.97. The number of fused-ring (bicyclic) bond motifs is 2. The highest BCUT2D eigenvalue weighted by Gasteiger charge is 2.34. The molecule has 3 aromatic rings. The quantitative estimate of drug-likeness (QED) is 0.487. The van der Waals surface area contributed by atoms with Crippen LogP contribution in [0.1, 0.15) is 29.5 Å². The minimum Gasteiger partial charge on any atom is -0.507 e. The van der Waals surface area contributed by atoms with Gasteiger partial charge in [-0.05, 0) is 31.2 Å². The standard InChI is InChI=1S/C23H17FO3/c1-14(25)21(23(26)15-7-3-2-4-8-15)22-17-9-5-6-10-19(17)27-20-12-11-16(24)13-18(20)22/h2-13,22,26H,1H3/t22-/m0/s1. The molecule has 4 heteroatoms. The fourth-order valence-corrected chi connectivity index (χ4v) is 3.51. The van der Waals surface area contributed by atoms with Gasteiger partial charge >= 0.3 is 0 Å². The summed E-state index contributed by atoms with van der Waals surface area (Å²) in [6, 6.07) is 20.4. The van der Waals surface area contributed by atoms with Crippen LogP contribution in [0.3, 0.4) is 0 Å². The minimum atomic E-state index is -0.627. The summed E-state index contributed by atoms with van der Waals surface area (Å²) in [6.45, 7) is 1.41. The van der Waals surface area contributed by atoms with Crippen LogP contribution in [0.5, 0.6) is 11.5 Å². The first-order chi connectivity index (χ1) is 13.1. The Bertz CT molecular complexity index is 1050. The maximum atomic E-state index is 14.0. The van der Waals surface area contributed by atoms with Crippen molar-refractivity contribution in [3.63, 3.8) is 0 Å². The average Bonchev–Trinajstić information content (AvgIpc) is 2.68. The highest BCUT2D eigenvalue weighted by molar-refractivity contribution is 6.02. The molecule has 0 aromatic heterocycles. The lowest BCUT2D eigenvalue weighted by atomic mass is 9.79. The summed E-state index contributed by atoms with van der Waals surface area (Å²) in [5.74, 6) is -0.392. The lowest BCUT2D eigenvalue weighted by Gasteiger charge is -2.29. The van der Waals surface area contributed by atoms with E-state index in [0.717, 1.165) is 0 Å². The Kier molecular flexibility index (Phi) is 4.24. The van der Waals surface area contributed by atoms with Crippen LogP contribution in [-0.2, 0) is 4.79 Å². The first kappa shape index (κ1) is 17.0. The number of allylic oxidation sites excluding steroid dienone is 1. The van der Waals surface area contributed by atoms with E-state index in [1.807, 2.05) is 24.3 Å². The second-order valence-electron chi connectivity index (χ2n) is 6.44. The third-order valence-corrected chi connectivity index (χ3v) is 4.70. The molecular weight excluding hydrogens is 343 g/mol. The van der Waals surface area contributed by atoms with Crippen LogP contribution < -0.4 is 4.74 Å². The monoisotopic (exact) mass is 360 g/mol. The van der Waals surface area contributed by atoms with Gasteiger partial charge in [-0.3, -0.25) is 4.79 Å². The lowest BCUT2D eigenvalue weighted by molar-refractivity contribution is -0.113. The molecule has 0 fully saturated rings. The molecular formula is C23H17FO3. The largest absolute Gasteiger partial charge is 0.507 e. The summed E-state index contributed by atoms with van der Waals surface area (Å²) in [7, 11) is 0. The van der Waals surface area contributed by atoms with Crippen LogP contribution in [0.4, 0.5) is 4.39 Å². The van der Waals surface area contributed by atoms with E-state index >= 15 is 0 Å². The van der Waals surface area contributed by atoms with Crippen LogP contribution >= 0.6 is 0 Å². The first-order valence-corrected chi connectivity index (χ1v) is 8.62. The van der Waals surface area contributed by atoms with Crippen molar-refractivity contribution in [1.29, 1.82) is 0 Å². The number of aliphatic hydroxyl groups is 1. The van der Waals surface area contributed by atoms with E-state index in [0.29, 0.717) is 28.2 Å². The average molecular weight is 360 g/mol. The van der Waals surface area contributed by atoms with E-state index in [2.05, 4.69) is 0 Å². The van der Waals surface area contributed by atoms with Gasteiger partial charge in [0.05, 0.1) is 0 Å². The van der Waals surface area contributed by atoms with Gasteiger partial charge in [0.2, 0.25) is 0 Å². The third kappa shape index (κ3) is 2.99. The molecule has 1 aliphatic rings. The summed E-state index contributed by atoms with van der Waals surface area (Å²) in [5, 5.41) is 10.9. The van der Waals surface area contributed by atoms with E-state index in [-0.39, 0.29) is 17.1 Å². The number of aliphatic hydroxyl groups excluding tert-OH is 1. The Morgan fingerprint density at radius 2 is 1.59 bits per heavy atom. The van der Waals surface area contributed by atoms with Gasteiger partial charge in [0.15, 0.2) is 5.78 Å². The number of benzene rings is 3. The Morgan fingerprint density at radius 3 is 2.33 bits per heavy atom. The van der Waals surface area contributed by atoms with Crippen molar-refractivity contribution in [1.82, 2.24) is 0 Å². The summed E-state index contributed by atoms with van der Waals surface area (Å²) in [4.78, 5) is 12.6. The molecule has 3 aromatic carbocycles. The first-order valence-electron chi connectivity index (χ1n) is 8.62. The summed E-state index contributed by atoms with van der Waals surface area (Å²) >= 11 is 0. The number of halogens is 1. The molecule has 1 aliphatic heterocycles. The Balaban J connectivity index is 2.01. The predicted molar refractivity (Wildman–Crippen MR) is 101 cm³/mol. The van der Waals surface area contributed by atoms with Crippen molar-refractivity contribution in [2.75, 3.05) is 0 Å². The van der Waals surface area contributed by atoms with E-state index in [1.165, 1.54) is 19.1 Å². The number of para-hydroxylation sites is 1. The fourth-order valence-electron chi connectivity index (χ4n) is 3.51. The number of carbonyl (C=O) groups is 1. The molecule has 0 spiro atoms. The van der Waals surface area contributed by atoms with Gasteiger partial charge in [-0.25, -0.2) is 4.39 Å². The molecule has 27 heavy (non-hydrogen) atoms. The van der Waals surface area contributed by atoms with Crippen molar-refractivity contribution >= 4 is 11.5 Å². The number of ether oxygens (including phenoxy) is 1. The number of ketones is 1. The Labute approximate surface area is 156 Å². The summed E-state index contributed by atoms with van der Waals surface area (Å²) in [6.07, 6.45) is 0. The maximum Gasteiger partial charge on any atom is 0.160 e. The van der Waals surface area contributed by atoms with Crippen LogP contribution in [-0.4, -0.2) is 10.9 Å². The van der Waals surface area contributed by atoms with E-state index < -0.39 is 11.7 Å². The van der Waals surface area contributed by atoms with E-state index in [9.17, 15) is 14.3 Å². The van der Waals surface area contributed by atoms with Gasteiger partial charge in [-0.1, -0.05) is 48.5 Å². The highest BCUT2D eigenvalue weighted by Crippen LogP contribution is 2.48. The van der Waals surface area contributed by atoms with E-state index in [4.69, 9.17) is 4.74 Å². The fraction of sp³-hybridized carbons (Fsp3) is 0.0870. The molecule has 0 amide bonds. The molecule has 1 heterocycles. The van der Waals surface area contributed by atoms with E-state index in [1.54, 1.807) is 36.4 Å². The molecule has 134 valence electrons. The number of rotatable bonds is 3. The Hall–Kier alpha value is -3.40. The second-order valence-corrected chi connectivity index (χ2v) is 6.44. The van der Waals surface area contributed by atoms with Crippen molar-refractivity contribution in [2.24, 2.45) is 0 Å². The zero-order valence-electron chi connectivity index (χ0n) is 14.6. The molecule has 0 bridgehead atoms. The van der Waals surface area contributed by atoms with Crippen molar-refractivity contribution in [3.05, 3.63) is 101 Å². The molecule has 4 rings (SSSR count). The van der Waals surface area contributed by atoms with Crippen molar-refractivity contribution in [3.8, 4) is 11.5 Å². The molecule has 0 aliphatic carbocycles. The van der Waals surface area contributed by atoms with Crippen LogP contribution in [0.15, 0.2) is 78.4 Å². The van der Waals surface area contributed by atoms with Gasteiger partial charge in [-0.15, -0.1) is 0 Å². The smallest absolute Gasteiger partial charge is 0.160 e. The van der Waals surface area contributed by atoms with Gasteiger partial charge in [0, 0.05) is 28.2 Å². The molecule has 0 saturated carbocycles. The van der Waals surface area contributed by atoms with Gasteiger partial charge in [-0.2, -0.15) is 0 Å². The van der Waals surface area contributed by atoms with Gasteiger partial charge < -0.3 is 9.84 Å². The zero-order chi connectivity index (χ0) is 19.0. The SMILES string of the molecule is CC(=O)C(=C(O)c1ccccc1)[C@H]1c2ccccc2Oc2ccc(F)cc21. The lowest BCUT2D eigenvalue weighted by Crippen LogP contribution is -2.18. The number of Topliss-reactive ketones (excluding diaryl/α,β-unsaturated/α-hetero) is 1. The maximum absolute atomic E-state index is 14.0. The molecule has 0 saturated heterocycles. The Morgan fingerprint density at radius 1 is 0.926 bits per heavy atom. The van der Waals surface area contributed by atoms with Crippen LogP contribution in [0.25, 0.3) is 5.76 Å². The summed E-state index contributed by atoms with van der Waals surface area (Å²) < 4.78 is 19.9. The van der Waals surface area contributed by atoms with Gasteiger partial charge in [0.1, 0.15) is 23.1 Å². The number of hydrogen-bond acceptors (Lipinski definition) is 3. The third-order valence-electron chi connectivity index (χ3n) is 4.70. The van der Waals surface area contributed by atoms with Gasteiger partial charge in [0.25, 0.3) is 0 Å². The molecule has 1 atom stereocenters.